The van der Waals surface area contributed by atoms with Gasteiger partial charge < -0.3 is 10.4 Å². The lowest BCUT2D eigenvalue weighted by molar-refractivity contribution is 0.0698. The van der Waals surface area contributed by atoms with Gasteiger partial charge in [0.15, 0.2) is 0 Å². The molecule has 3 rings (SSSR count). The number of carboxylic acids is 1. The van der Waals surface area contributed by atoms with Crippen molar-refractivity contribution in [3.63, 3.8) is 0 Å². The summed E-state index contributed by atoms with van der Waals surface area (Å²) in [5.41, 5.74) is 0.0560. The van der Waals surface area contributed by atoms with Gasteiger partial charge in [-0.25, -0.2) is 9.18 Å². The fourth-order valence-corrected chi connectivity index (χ4v) is 3.61. The standard InChI is InChI=1S/C14H8FNO3S2/c15-8-2-1-7-5-11(21-10(7)6-8)12(17)16-13-9(14(18)19)3-4-20-13/h1-6H,(H,16,17)(H,18,19). The van der Waals surface area contributed by atoms with Crippen molar-refractivity contribution in [1.29, 1.82) is 0 Å². The summed E-state index contributed by atoms with van der Waals surface area (Å²) in [6.45, 7) is 0. The van der Waals surface area contributed by atoms with Crippen molar-refractivity contribution in [2.24, 2.45) is 0 Å². The maximum absolute atomic E-state index is 13.1. The Morgan fingerprint density at radius 1 is 1.19 bits per heavy atom. The Bertz CT molecular complexity index is 853. The number of nitrogens with one attached hydrogen (secondary N) is 1. The summed E-state index contributed by atoms with van der Waals surface area (Å²) in [5.74, 6) is -1.85. The number of aromatic carboxylic acids is 1. The maximum atomic E-state index is 13.1. The van der Waals surface area contributed by atoms with E-state index in [4.69, 9.17) is 5.11 Å². The van der Waals surface area contributed by atoms with Gasteiger partial charge in [0.1, 0.15) is 10.8 Å². The molecule has 1 aromatic carbocycles. The average Bonchev–Trinajstić information content (AvgIpc) is 3.04. The van der Waals surface area contributed by atoms with Crippen molar-refractivity contribution in [3.8, 4) is 0 Å². The molecule has 7 heteroatoms. The fraction of sp³-hybridized carbons (Fsp3) is 0. The van der Waals surface area contributed by atoms with E-state index in [2.05, 4.69) is 5.32 Å². The van der Waals surface area contributed by atoms with Crippen LogP contribution in [0, 0.1) is 5.82 Å². The van der Waals surface area contributed by atoms with Gasteiger partial charge in [-0.1, -0.05) is 6.07 Å². The Balaban J connectivity index is 1.90. The number of benzene rings is 1. The van der Waals surface area contributed by atoms with E-state index in [1.165, 1.54) is 18.2 Å². The van der Waals surface area contributed by atoms with Crippen LogP contribution in [0.2, 0.25) is 0 Å². The molecule has 2 N–H and O–H groups in total. The molecular formula is C14H8FNO3S2. The van der Waals surface area contributed by atoms with E-state index in [0.29, 0.717) is 9.58 Å². The summed E-state index contributed by atoms with van der Waals surface area (Å²) in [6, 6.07) is 7.39. The molecule has 1 amide bonds. The van der Waals surface area contributed by atoms with Gasteiger partial charge in [0.2, 0.25) is 0 Å². The van der Waals surface area contributed by atoms with Crippen LogP contribution in [0.1, 0.15) is 20.0 Å². The van der Waals surface area contributed by atoms with Gasteiger partial charge in [-0.05, 0) is 35.0 Å². The van der Waals surface area contributed by atoms with Crippen LogP contribution < -0.4 is 5.32 Å². The summed E-state index contributed by atoms with van der Waals surface area (Å²) >= 11 is 2.30. The summed E-state index contributed by atoms with van der Waals surface area (Å²) in [6.07, 6.45) is 0. The molecule has 0 aliphatic heterocycles. The molecule has 0 saturated carbocycles. The molecule has 2 aromatic heterocycles. The van der Waals surface area contributed by atoms with E-state index in [1.807, 2.05) is 0 Å². The average molecular weight is 321 g/mol. The molecule has 106 valence electrons. The Morgan fingerprint density at radius 2 is 2.00 bits per heavy atom. The van der Waals surface area contributed by atoms with E-state index in [-0.39, 0.29) is 16.4 Å². The number of rotatable bonds is 3. The number of fused-ring (bicyclic) bond motifs is 1. The van der Waals surface area contributed by atoms with Gasteiger partial charge in [0, 0.05) is 4.70 Å². The first-order valence-electron chi connectivity index (χ1n) is 5.86. The van der Waals surface area contributed by atoms with Crippen LogP contribution in [0.25, 0.3) is 10.1 Å². The predicted molar refractivity (Wildman–Crippen MR) is 81.0 cm³/mol. The summed E-state index contributed by atoms with van der Waals surface area (Å²) in [5, 5.41) is 14.2. The molecule has 3 aromatic rings. The lowest BCUT2D eigenvalue weighted by Crippen LogP contribution is -2.11. The van der Waals surface area contributed by atoms with Crippen LogP contribution in [0.5, 0.6) is 0 Å². The molecule has 21 heavy (non-hydrogen) atoms. The maximum Gasteiger partial charge on any atom is 0.338 e. The zero-order valence-electron chi connectivity index (χ0n) is 10.4. The van der Waals surface area contributed by atoms with Gasteiger partial charge in [0.25, 0.3) is 5.91 Å². The largest absolute Gasteiger partial charge is 0.478 e. The molecule has 0 radical (unpaired) electrons. The highest BCUT2D eigenvalue weighted by Gasteiger charge is 2.16. The SMILES string of the molecule is O=C(Nc1sccc1C(=O)O)c1cc2ccc(F)cc2s1. The smallest absolute Gasteiger partial charge is 0.338 e. The molecule has 0 aliphatic rings. The van der Waals surface area contributed by atoms with Crippen LogP contribution in [0.4, 0.5) is 9.39 Å². The molecule has 0 saturated heterocycles. The Kier molecular flexibility index (Phi) is 3.44. The minimum atomic E-state index is -1.09. The highest BCUT2D eigenvalue weighted by molar-refractivity contribution is 7.21. The zero-order chi connectivity index (χ0) is 15.0. The number of halogens is 1. The van der Waals surface area contributed by atoms with Crippen LogP contribution in [-0.4, -0.2) is 17.0 Å². The molecule has 0 unspecified atom stereocenters. The van der Waals surface area contributed by atoms with Gasteiger partial charge in [0.05, 0.1) is 10.4 Å². The van der Waals surface area contributed by atoms with E-state index >= 15 is 0 Å². The number of hydrogen-bond donors (Lipinski definition) is 2. The molecule has 0 fully saturated rings. The first-order valence-corrected chi connectivity index (χ1v) is 7.55. The second-order valence-corrected chi connectivity index (χ2v) is 6.22. The quantitative estimate of drug-likeness (QED) is 0.764. The van der Waals surface area contributed by atoms with Gasteiger partial charge in [-0.3, -0.25) is 4.79 Å². The van der Waals surface area contributed by atoms with Crippen molar-refractivity contribution in [3.05, 3.63) is 52.0 Å². The van der Waals surface area contributed by atoms with E-state index < -0.39 is 11.9 Å². The van der Waals surface area contributed by atoms with Crippen LogP contribution >= 0.6 is 22.7 Å². The minimum Gasteiger partial charge on any atom is -0.478 e. The van der Waals surface area contributed by atoms with E-state index in [1.54, 1.807) is 17.5 Å². The third kappa shape index (κ3) is 2.65. The fourth-order valence-electron chi connectivity index (χ4n) is 1.86. The molecule has 4 nitrogen and oxygen atoms in total. The predicted octanol–water partition coefficient (Wildman–Crippen LogP) is 4.05. The van der Waals surface area contributed by atoms with Crippen LogP contribution in [0.3, 0.4) is 0 Å². The highest BCUT2D eigenvalue weighted by atomic mass is 32.1. The molecule has 0 bridgehead atoms. The van der Waals surface area contributed by atoms with E-state index in [0.717, 1.165) is 28.1 Å². The van der Waals surface area contributed by atoms with Crippen molar-refractivity contribution in [1.82, 2.24) is 0 Å². The zero-order valence-corrected chi connectivity index (χ0v) is 12.1. The normalized spacial score (nSPS) is 10.7. The third-order valence-corrected chi connectivity index (χ3v) is 4.76. The molecular weight excluding hydrogens is 313 g/mol. The van der Waals surface area contributed by atoms with Crippen molar-refractivity contribution in [2.45, 2.75) is 0 Å². The molecule has 2 heterocycles. The van der Waals surface area contributed by atoms with Crippen molar-refractivity contribution >= 4 is 49.6 Å². The Morgan fingerprint density at radius 3 is 2.76 bits per heavy atom. The number of thiophene rings is 2. The monoisotopic (exact) mass is 321 g/mol. The number of carboxylic acid groups (broad SMARTS) is 1. The number of hydrogen-bond acceptors (Lipinski definition) is 4. The topological polar surface area (TPSA) is 66.4 Å². The van der Waals surface area contributed by atoms with Gasteiger partial charge in [-0.2, -0.15) is 0 Å². The van der Waals surface area contributed by atoms with Crippen LogP contribution in [0.15, 0.2) is 35.7 Å². The molecule has 0 atom stereocenters. The summed E-state index contributed by atoms with van der Waals surface area (Å²) in [4.78, 5) is 23.6. The highest BCUT2D eigenvalue weighted by Crippen LogP contribution is 2.29. The lowest BCUT2D eigenvalue weighted by Gasteiger charge is -2.01. The molecule has 0 spiro atoms. The van der Waals surface area contributed by atoms with Gasteiger partial charge >= 0.3 is 5.97 Å². The number of carbonyl (C=O) groups excluding carboxylic acids is 1. The molecule has 0 aliphatic carbocycles. The first kappa shape index (κ1) is 13.7. The minimum absolute atomic E-state index is 0.0560. The van der Waals surface area contributed by atoms with Crippen molar-refractivity contribution in [2.75, 3.05) is 5.32 Å². The third-order valence-electron chi connectivity index (χ3n) is 2.83. The van der Waals surface area contributed by atoms with Crippen LogP contribution in [-0.2, 0) is 0 Å². The summed E-state index contributed by atoms with van der Waals surface area (Å²) < 4.78 is 13.8. The Labute approximate surface area is 126 Å². The van der Waals surface area contributed by atoms with Gasteiger partial charge in [-0.15, -0.1) is 22.7 Å². The number of anilines is 1. The summed E-state index contributed by atoms with van der Waals surface area (Å²) in [7, 11) is 0. The van der Waals surface area contributed by atoms with Crippen molar-refractivity contribution < 1.29 is 19.1 Å². The van der Waals surface area contributed by atoms with E-state index in [9.17, 15) is 14.0 Å². The number of amides is 1. The number of carbonyl (C=O) groups is 2. The first-order chi connectivity index (χ1) is 10.0. The second-order valence-electron chi connectivity index (χ2n) is 4.22. The Hall–Kier alpha value is -2.25. The lowest BCUT2D eigenvalue weighted by atomic mass is 10.2. The second kappa shape index (κ2) is 5.27.